The minimum absolute atomic E-state index is 0.00636. The molecule has 0 aliphatic carbocycles. The summed E-state index contributed by atoms with van der Waals surface area (Å²) >= 11 is 1.54. The molecule has 1 aliphatic heterocycles. The lowest BCUT2D eigenvalue weighted by Crippen LogP contribution is -2.30. The number of hydrogen-bond acceptors (Lipinski definition) is 5. The predicted molar refractivity (Wildman–Crippen MR) is 106 cm³/mol. The first-order chi connectivity index (χ1) is 12.4. The number of fused-ring (bicyclic) bond motifs is 1. The van der Waals surface area contributed by atoms with Crippen LogP contribution in [-0.2, 0) is 11.2 Å². The lowest BCUT2D eigenvalue weighted by molar-refractivity contribution is -0.116. The minimum Gasteiger partial charge on any atom is -0.378 e. The quantitative estimate of drug-likeness (QED) is 0.818. The summed E-state index contributed by atoms with van der Waals surface area (Å²) in [6.07, 6.45) is 0.920. The van der Waals surface area contributed by atoms with Gasteiger partial charge in [-0.1, -0.05) is 18.7 Å². The number of aromatic nitrogens is 2. The molecule has 0 spiro atoms. The molecule has 0 fully saturated rings. The number of thioether (sulfide) groups is 1. The molecule has 0 radical (unpaired) electrons. The Labute approximate surface area is 157 Å². The maximum atomic E-state index is 12.7. The van der Waals surface area contributed by atoms with E-state index in [0.717, 1.165) is 27.8 Å². The highest BCUT2D eigenvalue weighted by Crippen LogP contribution is 2.32. The molecule has 0 saturated carbocycles. The molecule has 1 aromatic heterocycles. The van der Waals surface area contributed by atoms with Crippen molar-refractivity contribution in [2.45, 2.75) is 37.9 Å². The predicted octanol–water partition coefficient (Wildman–Crippen LogP) is 2.86. The highest BCUT2D eigenvalue weighted by molar-refractivity contribution is 7.99. The van der Waals surface area contributed by atoms with E-state index in [1.54, 1.807) is 16.3 Å². The van der Waals surface area contributed by atoms with E-state index in [4.69, 9.17) is 0 Å². The van der Waals surface area contributed by atoms with Gasteiger partial charge in [0.1, 0.15) is 0 Å². The van der Waals surface area contributed by atoms with Crippen LogP contribution in [0.15, 0.2) is 34.2 Å². The zero-order valence-corrected chi connectivity index (χ0v) is 16.4. The Morgan fingerprint density at radius 1 is 1.35 bits per heavy atom. The Hall–Kier alpha value is -2.28. The molecule has 1 aromatic carbocycles. The van der Waals surface area contributed by atoms with Crippen molar-refractivity contribution in [2.75, 3.05) is 30.1 Å². The number of nitrogens with one attached hydrogen (secondary N) is 1. The maximum Gasteiger partial charge on any atom is 0.257 e. The second-order valence-electron chi connectivity index (χ2n) is 6.65. The van der Waals surface area contributed by atoms with E-state index in [1.165, 1.54) is 0 Å². The van der Waals surface area contributed by atoms with Gasteiger partial charge in [0.2, 0.25) is 5.91 Å². The number of benzene rings is 1. The summed E-state index contributed by atoms with van der Waals surface area (Å²) in [4.78, 5) is 31.7. The molecule has 0 bridgehead atoms. The number of rotatable bonds is 5. The first-order valence-electron chi connectivity index (χ1n) is 8.72. The summed E-state index contributed by atoms with van der Waals surface area (Å²) in [5.74, 6) is 0.605. The van der Waals surface area contributed by atoms with Gasteiger partial charge in [0.05, 0.1) is 6.04 Å². The first-order valence-corrected chi connectivity index (χ1v) is 9.71. The standard InChI is InChI=1S/C19H24N4O2S/c1-5-16-12(2)20-19-23(18(16)25)15(11-26-19)10-17(24)21-13-6-8-14(9-7-13)22(3)4/h6-9,15H,5,10-11H2,1-4H3,(H,21,24). The van der Waals surface area contributed by atoms with Gasteiger partial charge in [-0.3, -0.25) is 14.2 Å². The van der Waals surface area contributed by atoms with E-state index < -0.39 is 0 Å². The second kappa shape index (κ2) is 7.53. The van der Waals surface area contributed by atoms with E-state index in [0.29, 0.717) is 12.2 Å². The molecule has 1 amide bonds. The summed E-state index contributed by atoms with van der Waals surface area (Å²) in [6.45, 7) is 3.83. The number of hydrogen-bond donors (Lipinski definition) is 1. The van der Waals surface area contributed by atoms with Crippen molar-refractivity contribution < 1.29 is 4.79 Å². The van der Waals surface area contributed by atoms with Gasteiger partial charge in [0, 0.05) is 48.9 Å². The van der Waals surface area contributed by atoms with E-state index in [2.05, 4.69) is 10.3 Å². The highest BCUT2D eigenvalue weighted by Gasteiger charge is 2.29. The molecule has 0 saturated heterocycles. The Kier molecular flexibility index (Phi) is 5.36. The molecule has 6 nitrogen and oxygen atoms in total. The van der Waals surface area contributed by atoms with Crippen LogP contribution in [0.1, 0.15) is 30.6 Å². The molecule has 2 heterocycles. The van der Waals surface area contributed by atoms with Crippen molar-refractivity contribution in [3.05, 3.63) is 45.9 Å². The molecule has 1 unspecified atom stereocenters. The highest BCUT2D eigenvalue weighted by atomic mass is 32.2. The van der Waals surface area contributed by atoms with Crippen molar-refractivity contribution in [3.63, 3.8) is 0 Å². The molecular weight excluding hydrogens is 348 g/mol. The van der Waals surface area contributed by atoms with Crippen LogP contribution in [0.25, 0.3) is 0 Å². The smallest absolute Gasteiger partial charge is 0.257 e. The average molecular weight is 372 g/mol. The van der Waals surface area contributed by atoms with Gasteiger partial charge in [-0.25, -0.2) is 4.98 Å². The van der Waals surface area contributed by atoms with Gasteiger partial charge in [-0.05, 0) is 37.6 Å². The molecule has 26 heavy (non-hydrogen) atoms. The SMILES string of the molecule is CCc1c(C)nc2n(c1=O)C(CC(=O)Nc1ccc(N(C)C)cc1)CS2. The number of aryl methyl sites for hydroxylation is 1. The number of anilines is 2. The van der Waals surface area contributed by atoms with Crippen LogP contribution in [0.3, 0.4) is 0 Å². The van der Waals surface area contributed by atoms with Crippen LogP contribution < -0.4 is 15.8 Å². The van der Waals surface area contributed by atoms with Crippen LogP contribution in [0, 0.1) is 6.92 Å². The number of carbonyl (C=O) groups is 1. The fourth-order valence-electron chi connectivity index (χ4n) is 3.15. The molecule has 7 heteroatoms. The van der Waals surface area contributed by atoms with Crippen molar-refractivity contribution in [1.29, 1.82) is 0 Å². The Morgan fingerprint density at radius 2 is 2.04 bits per heavy atom. The Balaban J connectivity index is 1.73. The summed E-state index contributed by atoms with van der Waals surface area (Å²) in [7, 11) is 3.95. The van der Waals surface area contributed by atoms with Crippen LogP contribution in [0.5, 0.6) is 0 Å². The third-order valence-electron chi connectivity index (χ3n) is 4.60. The summed E-state index contributed by atoms with van der Waals surface area (Å²) in [6, 6.07) is 7.54. The molecule has 1 aliphatic rings. The van der Waals surface area contributed by atoms with E-state index in [1.807, 2.05) is 57.1 Å². The van der Waals surface area contributed by atoms with E-state index in [-0.39, 0.29) is 23.9 Å². The number of carbonyl (C=O) groups excluding carboxylic acids is 1. The molecular formula is C19H24N4O2S. The van der Waals surface area contributed by atoms with Gasteiger partial charge >= 0.3 is 0 Å². The molecule has 138 valence electrons. The lowest BCUT2D eigenvalue weighted by Gasteiger charge is -2.16. The van der Waals surface area contributed by atoms with Gasteiger partial charge in [0.25, 0.3) is 5.56 Å². The largest absolute Gasteiger partial charge is 0.378 e. The minimum atomic E-state index is -0.151. The lowest BCUT2D eigenvalue weighted by atomic mass is 10.1. The normalized spacial score (nSPS) is 15.6. The van der Waals surface area contributed by atoms with Crippen molar-refractivity contribution in [3.8, 4) is 0 Å². The zero-order chi connectivity index (χ0) is 18.8. The van der Waals surface area contributed by atoms with Crippen molar-refractivity contribution >= 4 is 29.0 Å². The van der Waals surface area contributed by atoms with Gasteiger partial charge in [0.15, 0.2) is 5.16 Å². The van der Waals surface area contributed by atoms with Gasteiger partial charge in [-0.2, -0.15) is 0 Å². The van der Waals surface area contributed by atoms with Crippen LogP contribution in [0.4, 0.5) is 11.4 Å². The van der Waals surface area contributed by atoms with E-state index >= 15 is 0 Å². The summed E-state index contributed by atoms with van der Waals surface area (Å²) in [5, 5.41) is 3.64. The molecule has 3 rings (SSSR count). The Bertz CT molecular complexity index is 874. The van der Waals surface area contributed by atoms with Crippen LogP contribution in [0.2, 0.25) is 0 Å². The summed E-state index contributed by atoms with van der Waals surface area (Å²) in [5.41, 5.74) is 3.36. The van der Waals surface area contributed by atoms with E-state index in [9.17, 15) is 9.59 Å². The van der Waals surface area contributed by atoms with Gasteiger partial charge in [-0.15, -0.1) is 0 Å². The second-order valence-corrected chi connectivity index (χ2v) is 7.63. The van der Waals surface area contributed by atoms with Gasteiger partial charge < -0.3 is 10.2 Å². The van der Waals surface area contributed by atoms with Crippen LogP contribution in [-0.4, -0.2) is 35.3 Å². The third-order valence-corrected chi connectivity index (χ3v) is 5.69. The number of amides is 1. The molecule has 1 N–H and O–H groups in total. The number of nitrogens with zero attached hydrogens (tertiary/aromatic N) is 3. The average Bonchev–Trinajstić information content (AvgIpc) is 2.98. The van der Waals surface area contributed by atoms with Crippen molar-refractivity contribution in [1.82, 2.24) is 9.55 Å². The fraction of sp³-hybridized carbons (Fsp3) is 0.421. The molecule has 1 atom stereocenters. The zero-order valence-electron chi connectivity index (χ0n) is 15.6. The Morgan fingerprint density at radius 3 is 2.65 bits per heavy atom. The van der Waals surface area contributed by atoms with Crippen molar-refractivity contribution in [2.24, 2.45) is 0 Å². The topological polar surface area (TPSA) is 67.2 Å². The summed E-state index contributed by atoms with van der Waals surface area (Å²) < 4.78 is 1.70. The maximum absolute atomic E-state index is 12.7. The third kappa shape index (κ3) is 3.62. The fourth-order valence-corrected chi connectivity index (χ4v) is 4.33. The van der Waals surface area contributed by atoms with Crippen LogP contribution >= 0.6 is 11.8 Å². The first kappa shape index (κ1) is 18.5. The monoisotopic (exact) mass is 372 g/mol. The molecule has 2 aromatic rings.